The fraction of sp³-hybridized carbons (Fsp3) is 0.917. The molecular weight excluding hydrogens is 236 g/mol. The van der Waals surface area contributed by atoms with Gasteiger partial charge in [-0.15, -0.1) is 0 Å². The zero-order valence-electron chi connectivity index (χ0n) is 10.4. The van der Waals surface area contributed by atoms with Gasteiger partial charge in [-0.1, -0.05) is 0 Å². The van der Waals surface area contributed by atoms with E-state index in [1.165, 1.54) is 18.6 Å². The molecule has 0 aromatic rings. The maximum Gasteiger partial charge on any atom is 0.249 e. The van der Waals surface area contributed by atoms with E-state index in [0.29, 0.717) is 6.54 Å². The van der Waals surface area contributed by atoms with Gasteiger partial charge in [0.2, 0.25) is 5.91 Å². The molecule has 0 spiro atoms. The predicted molar refractivity (Wildman–Crippen MR) is 70.1 cm³/mol. The smallest absolute Gasteiger partial charge is 0.249 e. The Kier molecular flexibility index (Phi) is 4.33. The zero-order chi connectivity index (χ0) is 12.3. The third kappa shape index (κ3) is 3.36. The van der Waals surface area contributed by atoms with Crippen molar-refractivity contribution in [3.05, 3.63) is 0 Å². The Morgan fingerprint density at radius 3 is 3.00 bits per heavy atom. The molecule has 3 N–H and O–H groups in total. The highest BCUT2D eigenvalue weighted by atomic mass is 32.2. The van der Waals surface area contributed by atoms with Gasteiger partial charge < -0.3 is 15.8 Å². The Morgan fingerprint density at radius 2 is 2.41 bits per heavy atom. The van der Waals surface area contributed by atoms with E-state index in [2.05, 4.69) is 12.2 Å². The van der Waals surface area contributed by atoms with E-state index in [9.17, 15) is 4.79 Å². The summed E-state index contributed by atoms with van der Waals surface area (Å²) in [5, 5.41) is 3.03. The number of nitrogens with two attached hydrogens (primary N) is 1. The van der Waals surface area contributed by atoms with Gasteiger partial charge in [0.15, 0.2) is 0 Å². The Labute approximate surface area is 107 Å². The predicted octanol–water partition coefficient (Wildman–Crippen LogP) is 0.895. The summed E-state index contributed by atoms with van der Waals surface area (Å²) in [6.45, 7) is 3.49. The molecule has 0 aromatic heterocycles. The van der Waals surface area contributed by atoms with Crippen molar-refractivity contribution in [3.8, 4) is 0 Å². The molecule has 2 saturated heterocycles. The number of nitrogens with one attached hydrogen (secondary N) is 1. The van der Waals surface area contributed by atoms with Gasteiger partial charge in [-0.3, -0.25) is 4.79 Å². The molecule has 0 aliphatic carbocycles. The molecule has 1 unspecified atom stereocenters. The minimum absolute atomic E-state index is 0.0367. The molecule has 2 fully saturated rings. The van der Waals surface area contributed by atoms with Gasteiger partial charge >= 0.3 is 0 Å². The molecule has 5 heteroatoms. The second-order valence-corrected chi connectivity index (χ2v) is 6.86. The lowest BCUT2D eigenvalue weighted by Gasteiger charge is -2.23. The normalized spacial score (nSPS) is 37.3. The van der Waals surface area contributed by atoms with Crippen molar-refractivity contribution in [3.63, 3.8) is 0 Å². The molecule has 2 rings (SSSR count). The maximum absolute atomic E-state index is 11.9. The largest absolute Gasteiger partial charge is 0.364 e. The number of carbonyl (C=O) groups is 1. The molecule has 0 saturated carbocycles. The average Bonchev–Trinajstić information content (AvgIpc) is 2.95. The van der Waals surface area contributed by atoms with Gasteiger partial charge in [0, 0.05) is 17.8 Å². The van der Waals surface area contributed by atoms with E-state index in [-0.39, 0.29) is 22.9 Å². The summed E-state index contributed by atoms with van der Waals surface area (Å²) in [7, 11) is 0. The van der Waals surface area contributed by atoms with Crippen molar-refractivity contribution < 1.29 is 9.53 Å². The summed E-state index contributed by atoms with van der Waals surface area (Å²) in [6, 6.07) is 0. The quantitative estimate of drug-likeness (QED) is 0.786. The first-order chi connectivity index (χ1) is 8.13. The highest BCUT2D eigenvalue weighted by molar-refractivity contribution is 8.00. The fourth-order valence-corrected chi connectivity index (χ4v) is 3.68. The van der Waals surface area contributed by atoms with Crippen LogP contribution in [0.4, 0.5) is 0 Å². The SMILES string of the molecule is CC1(CNC(=O)[C@@H]2CC[C@H](CN)O2)CCCS1. The van der Waals surface area contributed by atoms with Crippen molar-refractivity contribution in [1.29, 1.82) is 0 Å². The zero-order valence-corrected chi connectivity index (χ0v) is 11.2. The Bertz CT molecular complexity index is 280. The van der Waals surface area contributed by atoms with Crippen LogP contribution in [0.2, 0.25) is 0 Å². The summed E-state index contributed by atoms with van der Waals surface area (Å²) in [5.74, 6) is 1.25. The number of carbonyl (C=O) groups excluding carboxylic acids is 1. The van der Waals surface area contributed by atoms with Crippen molar-refractivity contribution >= 4 is 17.7 Å². The number of hydrogen-bond donors (Lipinski definition) is 2. The fourth-order valence-electron chi connectivity index (χ4n) is 2.44. The summed E-state index contributed by atoms with van der Waals surface area (Å²) in [6.07, 6.45) is 3.94. The van der Waals surface area contributed by atoms with Gasteiger partial charge in [-0.2, -0.15) is 11.8 Å². The molecule has 17 heavy (non-hydrogen) atoms. The van der Waals surface area contributed by atoms with Crippen LogP contribution < -0.4 is 11.1 Å². The Morgan fingerprint density at radius 1 is 1.59 bits per heavy atom. The molecule has 0 aromatic carbocycles. The van der Waals surface area contributed by atoms with E-state index >= 15 is 0 Å². The molecule has 2 aliphatic heterocycles. The minimum Gasteiger partial charge on any atom is -0.364 e. The lowest BCUT2D eigenvalue weighted by molar-refractivity contribution is -0.131. The van der Waals surface area contributed by atoms with Crippen molar-refractivity contribution in [2.45, 2.75) is 49.6 Å². The first-order valence-electron chi connectivity index (χ1n) is 6.40. The third-order valence-corrected chi connectivity index (χ3v) is 5.14. The Hall–Kier alpha value is -0.260. The van der Waals surface area contributed by atoms with Crippen molar-refractivity contribution in [2.75, 3.05) is 18.8 Å². The third-order valence-electron chi connectivity index (χ3n) is 3.60. The van der Waals surface area contributed by atoms with Gasteiger partial charge in [0.05, 0.1) is 6.10 Å². The van der Waals surface area contributed by atoms with E-state index in [1.54, 1.807) is 0 Å². The average molecular weight is 258 g/mol. The van der Waals surface area contributed by atoms with Crippen LogP contribution in [0.15, 0.2) is 0 Å². The van der Waals surface area contributed by atoms with Crippen LogP contribution in [0.3, 0.4) is 0 Å². The summed E-state index contributed by atoms with van der Waals surface area (Å²) >= 11 is 1.96. The highest BCUT2D eigenvalue weighted by Crippen LogP contribution is 2.37. The van der Waals surface area contributed by atoms with Crippen LogP contribution in [-0.2, 0) is 9.53 Å². The summed E-state index contributed by atoms with van der Waals surface area (Å²) in [5.41, 5.74) is 5.53. The molecule has 0 bridgehead atoms. The van der Waals surface area contributed by atoms with Crippen LogP contribution in [0.1, 0.15) is 32.6 Å². The molecule has 1 amide bonds. The molecule has 0 radical (unpaired) electrons. The second-order valence-electron chi connectivity index (χ2n) is 5.18. The molecule has 4 nitrogen and oxygen atoms in total. The van der Waals surface area contributed by atoms with E-state index in [4.69, 9.17) is 10.5 Å². The monoisotopic (exact) mass is 258 g/mol. The topological polar surface area (TPSA) is 64.4 Å². The molecule has 2 aliphatic rings. The van der Waals surface area contributed by atoms with Crippen LogP contribution in [0.25, 0.3) is 0 Å². The van der Waals surface area contributed by atoms with Crippen LogP contribution >= 0.6 is 11.8 Å². The van der Waals surface area contributed by atoms with E-state index in [0.717, 1.165) is 19.4 Å². The lowest BCUT2D eigenvalue weighted by Crippen LogP contribution is -2.42. The number of rotatable bonds is 4. The van der Waals surface area contributed by atoms with Crippen molar-refractivity contribution in [1.82, 2.24) is 5.32 Å². The first kappa shape index (κ1) is 13.2. The van der Waals surface area contributed by atoms with Crippen LogP contribution in [0.5, 0.6) is 0 Å². The van der Waals surface area contributed by atoms with E-state index in [1.807, 2.05) is 11.8 Å². The van der Waals surface area contributed by atoms with Gasteiger partial charge in [0.1, 0.15) is 6.10 Å². The van der Waals surface area contributed by atoms with Crippen LogP contribution in [-0.4, -0.2) is 41.7 Å². The Balaban J connectivity index is 1.74. The molecule has 98 valence electrons. The summed E-state index contributed by atoms with van der Waals surface area (Å²) in [4.78, 5) is 11.9. The number of amides is 1. The lowest BCUT2D eigenvalue weighted by atomic mass is 10.1. The number of ether oxygens (including phenoxy) is 1. The number of hydrogen-bond acceptors (Lipinski definition) is 4. The van der Waals surface area contributed by atoms with Crippen molar-refractivity contribution in [2.24, 2.45) is 5.73 Å². The molecular formula is C12H22N2O2S. The van der Waals surface area contributed by atoms with Crippen LogP contribution in [0, 0.1) is 0 Å². The van der Waals surface area contributed by atoms with Gasteiger partial charge in [0.25, 0.3) is 0 Å². The summed E-state index contributed by atoms with van der Waals surface area (Å²) < 4.78 is 5.80. The first-order valence-corrected chi connectivity index (χ1v) is 7.39. The highest BCUT2D eigenvalue weighted by Gasteiger charge is 2.33. The standard InChI is InChI=1S/C12H22N2O2S/c1-12(5-2-6-17-12)8-14-11(15)10-4-3-9(7-13)16-10/h9-10H,2-8,13H2,1H3,(H,14,15)/t9-,10+,12?/m1/s1. The number of thioether (sulfide) groups is 1. The maximum atomic E-state index is 11.9. The molecule has 3 atom stereocenters. The molecule has 2 heterocycles. The van der Waals surface area contributed by atoms with Gasteiger partial charge in [-0.05, 0) is 38.4 Å². The van der Waals surface area contributed by atoms with Gasteiger partial charge in [-0.25, -0.2) is 0 Å². The van der Waals surface area contributed by atoms with E-state index < -0.39 is 0 Å². The second kappa shape index (κ2) is 5.59. The minimum atomic E-state index is -0.279.